The van der Waals surface area contributed by atoms with Crippen molar-refractivity contribution in [3.05, 3.63) is 53.5 Å². The summed E-state index contributed by atoms with van der Waals surface area (Å²) in [5.41, 5.74) is 6.77. The summed E-state index contributed by atoms with van der Waals surface area (Å²) < 4.78 is 13.0. The number of aliphatic hydroxyl groups is 2. The van der Waals surface area contributed by atoms with Gasteiger partial charge in [0, 0.05) is 43.5 Å². The van der Waals surface area contributed by atoms with Gasteiger partial charge in [0.1, 0.15) is 23.4 Å². The molecule has 11 heteroatoms. The molecule has 4 N–H and O–H groups in total. The summed E-state index contributed by atoms with van der Waals surface area (Å²) in [5, 5.41) is 23.7. The topological polar surface area (TPSA) is 149 Å². The Hall–Kier alpha value is -3.98. The zero-order valence-corrected chi connectivity index (χ0v) is 19.3. The number of aromatic nitrogens is 5. The van der Waals surface area contributed by atoms with E-state index in [1.165, 1.54) is 0 Å². The van der Waals surface area contributed by atoms with Crippen molar-refractivity contribution >= 4 is 17.0 Å². The van der Waals surface area contributed by atoms with Crippen molar-refractivity contribution in [1.82, 2.24) is 29.6 Å². The van der Waals surface area contributed by atoms with E-state index in [0.29, 0.717) is 59.5 Å². The van der Waals surface area contributed by atoms with Crippen LogP contribution in [0, 0.1) is 18.8 Å². The summed E-state index contributed by atoms with van der Waals surface area (Å²) in [5.74, 6) is 7.11. The fraction of sp³-hybridized carbons (Fsp3) is 0.333. The summed E-state index contributed by atoms with van der Waals surface area (Å²) in [4.78, 5) is 15.1. The average molecular weight is 476 g/mol. The summed E-state index contributed by atoms with van der Waals surface area (Å²) in [6.07, 6.45) is 1.51. The molecule has 0 amide bonds. The van der Waals surface area contributed by atoms with E-state index in [4.69, 9.17) is 20.1 Å². The molecule has 4 heterocycles. The lowest BCUT2D eigenvalue weighted by molar-refractivity contribution is 0.00483. The molecule has 35 heavy (non-hydrogen) atoms. The highest BCUT2D eigenvalue weighted by atomic mass is 16.5. The second kappa shape index (κ2) is 8.99. The first-order chi connectivity index (χ1) is 16.8. The molecule has 3 aromatic heterocycles. The Labute approximate surface area is 201 Å². The van der Waals surface area contributed by atoms with Crippen LogP contribution < -0.4 is 10.5 Å². The monoisotopic (exact) mass is 475 g/mol. The average Bonchev–Trinajstić information content (AvgIpc) is 3.40. The van der Waals surface area contributed by atoms with Crippen LogP contribution in [0.3, 0.4) is 0 Å². The third-order valence-electron chi connectivity index (χ3n) is 5.70. The Balaban J connectivity index is 1.51. The second-order valence-electron chi connectivity index (χ2n) is 8.57. The predicted octanol–water partition coefficient (Wildman–Crippen LogP) is 1.01. The first-order valence-electron chi connectivity index (χ1n) is 11.1. The van der Waals surface area contributed by atoms with E-state index < -0.39 is 5.60 Å². The highest BCUT2D eigenvalue weighted by molar-refractivity contribution is 5.80. The summed E-state index contributed by atoms with van der Waals surface area (Å²) in [6, 6.07) is 9.25. The molecule has 1 fully saturated rings. The van der Waals surface area contributed by atoms with Crippen molar-refractivity contribution in [3.63, 3.8) is 0 Å². The lowest BCUT2D eigenvalue weighted by Crippen LogP contribution is -2.54. The van der Waals surface area contributed by atoms with Gasteiger partial charge < -0.3 is 25.2 Å². The van der Waals surface area contributed by atoms with Crippen molar-refractivity contribution in [3.8, 4) is 23.7 Å². The van der Waals surface area contributed by atoms with Crippen molar-refractivity contribution in [2.45, 2.75) is 25.6 Å². The smallest absolute Gasteiger partial charge is 0.303 e. The van der Waals surface area contributed by atoms with E-state index in [1.807, 2.05) is 18.2 Å². The van der Waals surface area contributed by atoms with Crippen molar-refractivity contribution in [1.29, 1.82) is 0 Å². The van der Waals surface area contributed by atoms with Gasteiger partial charge in [-0.25, -0.2) is 9.55 Å². The molecule has 1 aliphatic heterocycles. The van der Waals surface area contributed by atoms with Gasteiger partial charge in [0.05, 0.1) is 17.6 Å². The first kappa shape index (κ1) is 22.8. The molecule has 180 valence electrons. The highest BCUT2D eigenvalue weighted by Gasteiger charge is 2.30. The Morgan fingerprint density at radius 2 is 2.09 bits per heavy atom. The quantitative estimate of drug-likeness (QED) is 0.345. The lowest BCUT2D eigenvalue weighted by atomic mass is 10.0. The van der Waals surface area contributed by atoms with Gasteiger partial charge in [-0.3, -0.25) is 4.90 Å². The van der Waals surface area contributed by atoms with Crippen LogP contribution in [0.2, 0.25) is 0 Å². The first-order valence-corrected chi connectivity index (χ1v) is 11.1. The summed E-state index contributed by atoms with van der Waals surface area (Å²) >= 11 is 0. The van der Waals surface area contributed by atoms with E-state index in [0.717, 1.165) is 0 Å². The molecule has 1 aliphatic rings. The summed E-state index contributed by atoms with van der Waals surface area (Å²) in [7, 11) is 0. The van der Waals surface area contributed by atoms with E-state index >= 15 is 0 Å². The second-order valence-corrected chi connectivity index (χ2v) is 8.57. The number of aryl methyl sites for hydroxylation is 1. The van der Waals surface area contributed by atoms with Crippen molar-refractivity contribution < 1.29 is 19.5 Å². The fourth-order valence-corrected chi connectivity index (χ4v) is 3.84. The van der Waals surface area contributed by atoms with E-state index in [1.54, 1.807) is 36.7 Å². The number of hydrogen-bond acceptors (Lipinski definition) is 10. The minimum absolute atomic E-state index is 0.0587. The molecular weight excluding hydrogens is 450 g/mol. The number of hydrogen-bond donors (Lipinski definition) is 3. The minimum Gasteiger partial charge on any atom is -0.458 e. The Kier molecular flexibility index (Phi) is 5.86. The molecule has 5 rings (SSSR count). The Morgan fingerprint density at radius 3 is 2.80 bits per heavy atom. The number of likely N-dealkylation sites (tertiary alicyclic amines) is 1. The largest absolute Gasteiger partial charge is 0.458 e. The van der Waals surface area contributed by atoms with Crippen LogP contribution in [0.5, 0.6) is 6.01 Å². The molecule has 4 aromatic rings. The maximum Gasteiger partial charge on any atom is 0.303 e. The molecule has 0 spiro atoms. The maximum atomic E-state index is 10.7. The zero-order valence-electron chi connectivity index (χ0n) is 19.3. The van der Waals surface area contributed by atoms with Gasteiger partial charge in [-0.2, -0.15) is 9.97 Å². The molecule has 1 unspecified atom stereocenters. The van der Waals surface area contributed by atoms with Crippen LogP contribution in [-0.4, -0.2) is 72.1 Å². The van der Waals surface area contributed by atoms with Crippen LogP contribution in [0.25, 0.3) is 16.9 Å². The third kappa shape index (κ3) is 4.67. The number of nitrogen functional groups attached to an aromatic ring is 1. The highest BCUT2D eigenvalue weighted by Crippen LogP contribution is 2.28. The Morgan fingerprint density at radius 1 is 1.26 bits per heavy atom. The van der Waals surface area contributed by atoms with Crippen LogP contribution in [-0.2, 0) is 5.60 Å². The van der Waals surface area contributed by atoms with Crippen molar-refractivity contribution in [2.24, 2.45) is 0 Å². The van der Waals surface area contributed by atoms with Gasteiger partial charge in [0.15, 0.2) is 5.60 Å². The number of ether oxygens (including phenoxy) is 1. The molecule has 0 saturated carbocycles. The van der Waals surface area contributed by atoms with Crippen LogP contribution in [0.4, 0.5) is 5.95 Å². The molecule has 1 saturated heterocycles. The van der Waals surface area contributed by atoms with E-state index in [2.05, 4.69) is 36.8 Å². The number of β-amino-alcohol motifs (C(OH)–C–C–N with tert-alkyl or cyclic N) is 1. The predicted molar refractivity (Wildman–Crippen MR) is 127 cm³/mol. The number of benzene rings is 1. The number of nitrogens with two attached hydrogens (primary N) is 1. The minimum atomic E-state index is -1.48. The van der Waals surface area contributed by atoms with Crippen LogP contribution in [0.15, 0.2) is 41.1 Å². The van der Waals surface area contributed by atoms with Gasteiger partial charge in [-0.1, -0.05) is 17.0 Å². The molecule has 1 aromatic carbocycles. The number of fused-ring (bicyclic) bond motifs is 1. The van der Waals surface area contributed by atoms with Gasteiger partial charge in [0.25, 0.3) is 0 Å². The normalized spacial score (nSPS) is 15.9. The molecule has 0 aliphatic carbocycles. The molecule has 0 radical (unpaired) electrons. The van der Waals surface area contributed by atoms with E-state index in [9.17, 15) is 5.11 Å². The molecule has 1 atom stereocenters. The number of nitrogens with zero attached hydrogens (tertiary/aromatic N) is 6. The van der Waals surface area contributed by atoms with Gasteiger partial charge in [-0.15, -0.1) is 0 Å². The number of rotatable bonds is 6. The van der Waals surface area contributed by atoms with Crippen LogP contribution >= 0.6 is 0 Å². The number of anilines is 1. The molecule has 11 nitrogen and oxygen atoms in total. The number of imidazole rings is 1. The van der Waals surface area contributed by atoms with Gasteiger partial charge in [0.2, 0.25) is 5.95 Å². The lowest BCUT2D eigenvalue weighted by Gasteiger charge is -2.38. The Bertz CT molecular complexity index is 1430. The van der Waals surface area contributed by atoms with Gasteiger partial charge in [-0.05, 0) is 32.0 Å². The molecular formula is C24H25N7O4. The third-order valence-corrected chi connectivity index (χ3v) is 5.70. The summed E-state index contributed by atoms with van der Waals surface area (Å²) in [6.45, 7) is 5.43. The van der Waals surface area contributed by atoms with E-state index in [-0.39, 0.29) is 18.7 Å². The standard InChI is InChI=1S/C24H25N7O4/c1-15-11-20(29-35-15)24(2,33)7-5-16-3-4-18-19(12-16)31(21-6-8-26-22(25)28-21)23(27-18)34-17-13-30(14-17)9-10-32/h3-4,6,8,11-12,17,32-33H,9-10,13-14H2,1-2H3,(H2,25,26,28). The SMILES string of the molecule is Cc1cc(C(C)(O)C#Cc2ccc3nc(OC4CN(CCO)C4)n(-c4ccnc(N)n4)c3c2)no1. The zero-order chi connectivity index (χ0) is 24.6. The molecule has 0 bridgehead atoms. The van der Waals surface area contributed by atoms with Gasteiger partial charge >= 0.3 is 6.01 Å². The maximum absolute atomic E-state index is 10.7. The van der Waals surface area contributed by atoms with Crippen LogP contribution in [0.1, 0.15) is 23.9 Å². The van der Waals surface area contributed by atoms with Crippen molar-refractivity contribution in [2.75, 3.05) is 32.0 Å². The number of aliphatic hydroxyl groups excluding tert-OH is 1. The fourth-order valence-electron chi connectivity index (χ4n) is 3.84.